The van der Waals surface area contributed by atoms with Crippen molar-refractivity contribution < 1.29 is 29.0 Å². The summed E-state index contributed by atoms with van der Waals surface area (Å²) in [5.41, 5.74) is 0.540. The number of carbonyl (C=O) groups is 3. The third-order valence-electron chi connectivity index (χ3n) is 6.28. The van der Waals surface area contributed by atoms with E-state index in [0.717, 1.165) is 11.3 Å². The van der Waals surface area contributed by atoms with Gasteiger partial charge in [0.2, 0.25) is 0 Å². The molecule has 0 saturated carbocycles. The maximum atomic E-state index is 13.3. The van der Waals surface area contributed by atoms with Crippen molar-refractivity contribution in [1.82, 2.24) is 9.80 Å². The topological polar surface area (TPSA) is 96.4 Å². The Hall–Kier alpha value is -3.33. The number of likely N-dealkylation sites (tertiary alicyclic amines) is 2. The standard InChI is InChI=1S/C26H30N2O6S/c1-3-15-34-19-9-7-17(8-10-19)23(29)21-22(20-6-5-16-35-20)28(25(31)24(21)30)18-11-13-27(14-12-18)26(32)33-4-2/h5-10,16,18,22,29H,3-4,11-15H2,1-2H3/b23-21-. The molecule has 2 aliphatic rings. The molecule has 1 N–H and O–H groups in total. The van der Waals surface area contributed by atoms with Gasteiger partial charge in [-0.3, -0.25) is 9.59 Å². The molecule has 35 heavy (non-hydrogen) atoms. The molecular weight excluding hydrogens is 468 g/mol. The highest BCUT2D eigenvalue weighted by atomic mass is 32.1. The van der Waals surface area contributed by atoms with Gasteiger partial charge in [0.15, 0.2) is 0 Å². The molecule has 8 nitrogen and oxygen atoms in total. The van der Waals surface area contributed by atoms with Crippen LogP contribution in [0.1, 0.15) is 49.6 Å². The molecule has 2 fully saturated rings. The molecule has 0 spiro atoms. The summed E-state index contributed by atoms with van der Waals surface area (Å²) in [6, 6.07) is 9.69. The Morgan fingerprint density at radius 3 is 2.43 bits per heavy atom. The molecule has 2 saturated heterocycles. The van der Waals surface area contributed by atoms with E-state index in [0.29, 0.717) is 50.5 Å². The maximum Gasteiger partial charge on any atom is 0.409 e. The van der Waals surface area contributed by atoms with Crippen molar-refractivity contribution in [3.63, 3.8) is 0 Å². The molecule has 4 rings (SSSR count). The smallest absolute Gasteiger partial charge is 0.409 e. The highest BCUT2D eigenvalue weighted by Gasteiger charge is 2.49. The lowest BCUT2D eigenvalue weighted by Gasteiger charge is -2.38. The first kappa shape index (κ1) is 24.8. The van der Waals surface area contributed by atoms with E-state index in [-0.39, 0.29) is 23.5 Å². The minimum atomic E-state index is -0.694. The monoisotopic (exact) mass is 498 g/mol. The lowest BCUT2D eigenvalue weighted by Crippen LogP contribution is -2.48. The van der Waals surface area contributed by atoms with Crippen LogP contribution in [-0.4, -0.2) is 65.0 Å². The Balaban J connectivity index is 1.64. The number of amides is 2. The zero-order valence-electron chi connectivity index (χ0n) is 19.9. The first-order valence-electron chi connectivity index (χ1n) is 11.9. The quantitative estimate of drug-likeness (QED) is 0.341. The molecule has 2 aliphatic heterocycles. The molecule has 2 aromatic rings. The van der Waals surface area contributed by atoms with Crippen molar-refractivity contribution in [2.75, 3.05) is 26.3 Å². The van der Waals surface area contributed by atoms with E-state index in [1.54, 1.807) is 41.0 Å². The van der Waals surface area contributed by atoms with Gasteiger partial charge in [0.25, 0.3) is 11.7 Å². The zero-order chi connectivity index (χ0) is 24.9. The summed E-state index contributed by atoms with van der Waals surface area (Å²) in [5.74, 6) is -0.843. The summed E-state index contributed by atoms with van der Waals surface area (Å²) in [5, 5.41) is 13.1. The molecule has 0 bridgehead atoms. The Bertz CT molecular complexity index is 1090. The molecule has 2 amide bonds. The summed E-state index contributed by atoms with van der Waals surface area (Å²) in [4.78, 5) is 42.6. The van der Waals surface area contributed by atoms with Crippen LogP contribution in [0.25, 0.3) is 5.76 Å². The van der Waals surface area contributed by atoms with Crippen LogP contribution in [0, 0.1) is 0 Å². The van der Waals surface area contributed by atoms with Gasteiger partial charge < -0.3 is 24.4 Å². The number of piperidine rings is 1. The van der Waals surface area contributed by atoms with Gasteiger partial charge in [0, 0.05) is 29.6 Å². The number of hydrogen-bond acceptors (Lipinski definition) is 7. The highest BCUT2D eigenvalue weighted by molar-refractivity contribution is 7.10. The van der Waals surface area contributed by atoms with Gasteiger partial charge in [-0.1, -0.05) is 13.0 Å². The summed E-state index contributed by atoms with van der Waals surface area (Å²) in [7, 11) is 0. The number of benzene rings is 1. The molecular formula is C26H30N2O6S. The lowest BCUT2D eigenvalue weighted by atomic mass is 9.97. The number of ether oxygens (including phenoxy) is 2. The number of aliphatic hydroxyl groups is 1. The van der Waals surface area contributed by atoms with E-state index < -0.39 is 17.7 Å². The van der Waals surface area contributed by atoms with Gasteiger partial charge in [0.05, 0.1) is 24.8 Å². The number of carbonyl (C=O) groups excluding carboxylic acids is 3. The van der Waals surface area contributed by atoms with Gasteiger partial charge in [0.1, 0.15) is 11.5 Å². The SMILES string of the molecule is CCCOc1ccc(/C(O)=C2/C(=O)C(=O)N(C3CCN(C(=O)OCC)CC3)C2c2cccs2)cc1. The van der Waals surface area contributed by atoms with Crippen molar-refractivity contribution in [2.24, 2.45) is 0 Å². The molecule has 0 aliphatic carbocycles. The fourth-order valence-electron chi connectivity index (χ4n) is 4.58. The van der Waals surface area contributed by atoms with Crippen LogP contribution in [0.5, 0.6) is 5.75 Å². The number of aliphatic hydroxyl groups excluding tert-OH is 1. The van der Waals surface area contributed by atoms with Crippen molar-refractivity contribution in [3.8, 4) is 5.75 Å². The van der Waals surface area contributed by atoms with E-state index >= 15 is 0 Å². The third-order valence-corrected chi connectivity index (χ3v) is 7.20. The number of Topliss-reactive ketones (excluding diaryl/α,β-unsaturated/α-hetero) is 1. The second-order valence-electron chi connectivity index (χ2n) is 8.51. The molecule has 1 aromatic carbocycles. The van der Waals surface area contributed by atoms with Crippen molar-refractivity contribution in [3.05, 3.63) is 57.8 Å². The van der Waals surface area contributed by atoms with E-state index in [4.69, 9.17) is 9.47 Å². The van der Waals surface area contributed by atoms with Gasteiger partial charge in [-0.15, -0.1) is 11.3 Å². The Labute approximate surface area is 208 Å². The molecule has 1 unspecified atom stereocenters. The molecule has 1 aromatic heterocycles. The average Bonchev–Trinajstić information content (AvgIpc) is 3.50. The number of thiophene rings is 1. The van der Waals surface area contributed by atoms with Crippen LogP contribution in [0.2, 0.25) is 0 Å². The van der Waals surface area contributed by atoms with Crippen LogP contribution in [-0.2, 0) is 14.3 Å². The first-order chi connectivity index (χ1) is 17.0. The first-order valence-corrected chi connectivity index (χ1v) is 12.8. The van der Waals surface area contributed by atoms with Crippen LogP contribution in [0.15, 0.2) is 47.4 Å². The van der Waals surface area contributed by atoms with Gasteiger partial charge in [-0.05, 0) is 61.9 Å². The zero-order valence-corrected chi connectivity index (χ0v) is 20.8. The Morgan fingerprint density at radius 2 is 1.83 bits per heavy atom. The van der Waals surface area contributed by atoms with Gasteiger partial charge in [-0.25, -0.2) is 4.79 Å². The van der Waals surface area contributed by atoms with Gasteiger partial charge in [-0.2, -0.15) is 0 Å². The maximum absolute atomic E-state index is 13.3. The summed E-state index contributed by atoms with van der Waals surface area (Å²) < 4.78 is 10.7. The number of hydrogen-bond donors (Lipinski definition) is 1. The largest absolute Gasteiger partial charge is 0.507 e. The van der Waals surface area contributed by atoms with E-state index in [9.17, 15) is 19.5 Å². The van der Waals surface area contributed by atoms with Crippen LogP contribution < -0.4 is 4.74 Å². The summed E-state index contributed by atoms with van der Waals surface area (Å²) >= 11 is 1.44. The Kier molecular flexibility index (Phi) is 7.75. The molecule has 0 radical (unpaired) electrons. The number of rotatable bonds is 7. The van der Waals surface area contributed by atoms with Crippen molar-refractivity contribution in [2.45, 2.75) is 45.2 Å². The lowest BCUT2D eigenvalue weighted by molar-refractivity contribution is -0.142. The van der Waals surface area contributed by atoms with Crippen molar-refractivity contribution in [1.29, 1.82) is 0 Å². The second-order valence-corrected chi connectivity index (χ2v) is 9.49. The normalized spacial score (nSPS) is 20.3. The van der Waals surface area contributed by atoms with Crippen molar-refractivity contribution >= 4 is 34.9 Å². The van der Waals surface area contributed by atoms with Crippen LogP contribution >= 0.6 is 11.3 Å². The van der Waals surface area contributed by atoms with Crippen LogP contribution in [0.3, 0.4) is 0 Å². The van der Waals surface area contributed by atoms with Crippen LogP contribution in [0.4, 0.5) is 4.79 Å². The van der Waals surface area contributed by atoms with Gasteiger partial charge >= 0.3 is 6.09 Å². The highest BCUT2D eigenvalue weighted by Crippen LogP contribution is 2.43. The summed E-state index contributed by atoms with van der Waals surface area (Å²) in [6.45, 7) is 5.54. The van der Waals surface area contributed by atoms with E-state index in [1.807, 2.05) is 24.4 Å². The molecule has 1 atom stereocenters. The minimum Gasteiger partial charge on any atom is -0.507 e. The number of ketones is 1. The predicted molar refractivity (Wildman–Crippen MR) is 132 cm³/mol. The third kappa shape index (κ3) is 5.05. The summed E-state index contributed by atoms with van der Waals surface area (Å²) in [6.07, 6.45) is 1.56. The predicted octanol–water partition coefficient (Wildman–Crippen LogP) is 4.58. The molecule has 9 heteroatoms. The van der Waals surface area contributed by atoms with E-state index in [1.165, 1.54) is 11.3 Å². The average molecular weight is 499 g/mol. The fourth-order valence-corrected chi connectivity index (χ4v) is 5.41. The number of nitrogens with zero attached hydrogens (tertiary/aromatic N) is 2. The van der Waals surface area contributed by atoms with E-state index in [2.05, 4.69) is 0 Å². The minimum absolute atomic E-state index is 0.0903. The molecule has 186 valence electrons. The molecule has 3 heterocycles. The fraction of sp³-hybridized carbons (Fsp3) is 0.423. The second kappa shape index (κ2) is 10.9. The Morgan fingerprint density at radius 1 is 1.11 bits per heavy atom.